The first-order valence-corrected chi connectivity index (χ1v) is 5.15. The van der Waals surface area contributed by atoms with E-state index in [0.717, 1.165) is 32.2 Å². The van der Waals surface area contributed by atoms with Gasteiger partial charge in [0.05, 0.1) is 5.60 Å². The molecule has 0 saturated heterocycles. The maximum absolute atomic E-state index is 10.1. The Kier molecular flexibility index (Phi) is 3.71. The van der Waals surface area contributed by atoms with Gasteiger partial charge in [-0.2, -0.15) is 0 Å². The molecule has 1 aliphatic rings. The molecule has 0 spiro atoms. The molecular formula is C10H22N2O. The largest absolute Gasteiger partial charge is 0.388 e. The third-order valence-electron chi connectivity index (χ3n) is 3.20. The van der Waals surface area contributed by atoms with E-state index >= 15 is 0 Å². The zero-order valence-corrected chi connectivity index (χ0v) is 8.79. The highest BCUT2D eigenvalue weighted by atomic mass is 16.3. The fourth-order valence-corrected chi connectivity index (χ4v) is 2.22. The molecule has 2 unspecified atom stereocenters. The Labute approximate surface area is 80.9 Å². The zero-order chi connectivity index (χ0) is 9.90. The lowest BCUT2D eigenvalue weighted by atomic mass is 9.88. The lowest BCUT2D eigenvalue weighted by molar-refractivity contribution is 0.00598. The van der Waals surface area contributed by atoms with E-state index < -0.39 is 5.60 Å². The summed E-state index contributed by atoms with van der Waals surface area (Å²) in [6.07, 6.45) is 4.23. The molecule has 1 fully saturated rings. The summed E-state index contributed by atoms with van der Waals surface area (Å²) < 4.78 is 0. The highest BCUT2D eigenvalue weighted by Gasteiger charge is 2.39. The number of hydrogen-bond acceptors (Lipinski definition) is 3. The molecule has 78 valence electrons. The van der Waals surface area contributed by atoms with E-state index in [4.69, 9.17) is 5.73 Å². The summed E-state index contributed by atoms with van der Waals surface area (Å²) in [6.45, 7) is 1.47. The molecule has 0 aromatic carbocycles. The van der Waals surface area contributed by atoms with Crippen molar-refractivity contribution in [3.63, 3.8) is 0 Å². The second kappa shape index (κ2) is 4.40. The molecule has 0 aromatic rings. The minimum absolute atomic E-state index is 0.417. The molecule has 3 heteroatoms. The molecule has 3 nitrogen and oxygen atoms in total. The fourth-order valence-electron chi connectivity index (χ4n) is 2.22. The van der Waals surface area contributed by atoms with Gasteiger partial charge in [0, 0.05) is 6.54 Å². The van der Waals surface area contributed by atoms with Crippen LogP contribution in [0.3, 0.4) is 0 Å². The number of aliphatic hydroxyl groups is 1. The highest BCUT2D eigenvalue weighted by molar-refractivity contribution is 4.93. The number of rotatable bonds is 4. The first-order chi connectivity index (χ1) is 6.08. The van der Waals surface area contributed by atoms with Gasteiger partial charge in [-0.25, -0.2) is 0 Å². The molecule has 0 amide bonds. The van der Waals surface area contributed by atoms with Gasteiger partial charge in [0.25, 0.3) is 0 Å². The van der Waals surface area contributed by atoms with Crippen molar-refractivity contribution in [2.24, 2.45) is 11.7 Å². The van der Waals surface area contributed by atoms with Crippen molar-refractivity contribution in [3.8, 4) is 0 Å². The summed E-state index contributed by atoms with van der Waals surface area (Å²) in [5, 5.41) is 10.1. The first-order valence-electron chi connectivity index (χ1n) is 5.15. The van der Waals surface area contributed by atoms with E-state index in [9.17, 15) is 5.11 Å². The van der Waals surface area contributed by atoms with Crippen molar-refractivity contribution in [2.75, 3.05) is 27.2 Å². The molecule has 3 N–H and O–H groups in total. The van der Waals surface area contributed by atoms with E-state index in [0.29, 0.717) is 12.5 Å². The molecule has 0 bridgehead atoms. The summed E-state index contributed by atoms with van der Waals surface area (Å²) in [6, 6.07) is 0. The molecule has 0 radical (unpaired) electrons. The van der Waals surface area contributed by atoms with Crippen LogP contribution in [0.1, 0.15) is 25.7 Å². The number of nitrogens with two attached hydrogens (primary N) is 1. The van der Waals surface area contributed by atoms with Gasteiger partial charge in [-0.3, -0.25) is 0 Å². The Hall–Kier alpha value is -0.120. The summed E-state index contributed by atoms with van der Waals surface area (Å²) >= 11 is 0. The van der Waals surface area contributed by atoms with E-state index in [1.54, 1.807) is 0 Å². The van der Waals surface area contributed by atoms with E-state index in [1.165, 1.54) is 0 Å². The second-order valence-electron chi connectivity index (χ2n) is 4.49. The smallest absolute Gasteiger partial charge is 0.0797 e. The maximum Gasteiger partial charge on any atom is 0.0797 e. The van der Waals surface area contributed by atoms with Crippen LogP contribution in [0.5, 0.6) is 0 Å². The lowest BCUT2D eigenvalue weighted by Gasteiger charge is -2.29. The van der Waals surface area contributed by atoms with E-state index in [-0.39, 0.29) is 0 Å². The summed E-state index contributed by atoms with van der Waals surface area (Å²) in [4.78, 5) is 2.16. The van der Waals surface area contributed by atoms with Gasteiger partial charge in [-0.05, 0) is 45.8 Å². The van der Waals surface area contributed by atoms with Gasteiger partial charge in [0.2, 0.25) is 0 Å². The average molecular weight is 186 g/mol. The van der Waals surface area contributed by atoms with Crippen LogP contribution in [-0.4, -0.2) is 42.8 Å². The van der Waals surface area contributed by atoms with Crippen LogP contribution in [0.4, 0.5) is 0 Å². The Bertz CT molecular complexity index is 161. The molecule has 0 heterocycles. The van der Waals surface area contributed by atoms with Crippen LogP contribution in [0, 0.1) is 5.92 Å². The van der Waals surface area contributed by atoms with E-state index in [2.05, 4.69) is 19.0 Å². The van der Waals surface area contributed by atoms with Gasteiger partial charge >= 0.3 is 0 Å². The van der Waals surface area contributed by atoms with E-state index in [1.807, 2.05) is 0 Å². The molecule has 1 aliphatic carbocycles. The van der Waals surface area contributed by atoms with Gasteiger partial charge in [-0.1, -0.05) is 6.42 Å². The predicted molar refractivity (Wildman–Crippen MR) is 54.5 cm³/mol. The van der Waals surface area contributed by atoms with Crippen LogP contribution in [0.2, 0.25) is 0 Å². The van der Waals surface area contributed by atoms with Crippen molar-refractivity contribution in [1.29, 1.82) is 0 Å². The minimum Gasteiger partial charge on any atom is -0.388 e. The van der Waals surface area contributed by atoms with Crippen molar-refractivity contribution in [2.45, 2.75) is 31.3 Å². The van der Waals surface area contributed by atoms with Crippen molar-refractivity contribution in [3.05, 3.63) is 0 Å². The predicted octanol–water partition coefficient (Wildman–Crippen LogP) is 0.428. The average Bonchev–Trinajstić information content (AvgIpc) is 2.44. The molecule has 1 saturated carbocycles. The zero-order valence-electron chi connectivity index (χ0n) is 8.79. The van der Waals surface area contributed by atoms with Crippen LogP contribution in [0.15, 0.2) is 0 Å². The van der Waals surface area contributed by atoms with Gasteiger partial charge in [0.15, 0.2) is 0 Å². The normalized spacial score (nSPS) is 34.4. The monoisotopic (exact) mass is 186 g/mol. The molecule has 1 rings (SSSR count). The number of nitrogens with zero attached hydrogens (tertiary/aromatic N) is 1. The topological polar surface area (TPSA) is 49.5 Å². The van der Waals surface area contributed by atoms with Gasteiger partial charge < -0.3 is 15.7 Å². The quantitative estimate of drug-likeness (QED) is 0.669. The Morgan fingerprint density at radius 1 is 1.54 bits per heavy atom. The Balaban J connectivity index is 2.40. The molecule has 13 heavy (non-hydrogen) atoms. The summed E-state index contributed by atoms with van der Waals surface area (Å²) in [5.41, 5.74) is 5.04. The second-order valence-corrected chi connectivity index (χ2v) is 4.49. The van der Waals surface area contributed by atoms with Crippen molar-refractivity contribution in [1.82, 2.24) is 4.90 Å². The van der Waals surface area contributed by atoms with Crippen LogP contribution in [0.25, 0.3) is 0 Å². The Morgan fingerprint density at radius 2 is 2.23 bits per heavy atom. The third-order valence-corrected chi connectivity index (χ3v) is 3.20. The molecule has 2 atom stereocenters. The number of hydrogen-bond donors (Lipinski definition) is 2. The SMILES string of the molecule is CN(C)CCC1CCCC1(O)CN. The van der Waals surface area contributed by atoms with Crippen LogP contribution >= 0.6 is 0 Å². The first kappa shape index (κ1) is 11.0. The van der Waals surface area contributed by atoms with Crippen molar-refractivity contribution >= 4 is 0 Å². The fraction of sp³-hybridized carbons (Fsp3) is 1.00. The van der Waals surface area contributed by atoms with Crippen LogP contribution < -0.4 is 5.73 Å². The van der Waals surface area contributed by atoms with Gasteiger partial charge in [0.1, 0.15) is 0 Å². The molecule has 0 aliphatic heterocycles. The molecular weight excluding hydrogens is 164 g/mol. The van der Waals surface area contributed by atoms with Crippen molar-refractivity contribution < 1.29 is 5.11 Å². The minimum atomic E-state index is -0.560. The maximum atomic E-state index is 10.1. The lowest BCUT2D eigenvalue weighted by Crippen LogP contribution is -2.42. The summed E-state index contributed by atoms with van der Waals surface area (Å²) in [5.74, 6) is 0.417. The summed E-state index contributed by atoms with van der Waals surface area (Å²) in [7, 11) is 4.13. The highest BCUT2D eigenvalue weighted by Crippen LogP contribution is 2.36. The van der Waals surface area contributed by atoms with Gasteiger partial charge in [-0.15, -0.1) is 0 Å². The Morgan fingerprint density at radius 3 is 2.77 bits per heavy atom. The molecule has 0 aromatic heterocycles. The van der Waals surface area contributed by atoms with Crippen LogP contribution in [-0.2, 0) is 0 Å². The third kappa shape index (κ3) is 2.66. The standard InChI is InChI=1S/C10H22N2O/c1-12(2)7-5-9-4-3-6-10(9,13)8-11/h9,13H,3-8,11H2,1-2H3.